The summed E-state index contributed by atoms with van der Waals surface area (Å²) in [6, 6.07) is 14.0. The van der Waals surface area contributed by atoms with Gasteiger partial charge in [0.2, 0.25) is 0 Å². The summed E-state index contributed by atoms with van der Waals surface area (Å²) in [4.78, 5) is 19.2. The van der Waals surface area contributed by atoms with Gasteiger partial charge < -0.3 is 9.74 Å². The van der Waals surface area contributed by atoms with Gasteiger partial charge in [-0.25, -0.2) is 4.39 Å². The maximum atomic E-state index is 13.7. The van der Waals surface area contributed by atoms with Crippen molar-refractivity contribution in [3.05, 3.63) is 71.0 Å². The second-order valence-corrected chi connectivity index (χ2v) is 6.00. The Morgan fingerprint density at radius 2 is 1.96 bits per heavy atom. The number of carbonyl (C=O) groups excluding carboxylic acids is 1. The van der Waals surface area contributed by atoms with Crippen molar-refractivity contribution in [1.82, 2.24) is 4.90 Å². The lowest BCUT2D eigenvalue weighted by Gasteiger charge is -2.20. The Bertz CT molecular complexity index is 771. The van der Waals surface area contributed by atoms with E-state index in [9.17, 15) is 9.18 Å². The Morgan fingerprint density at radius 3 is 2.67 bits per heavy atom. The molecule has 1 atom stereocenters. The molecule has 1 amide bonds. The van der Waals surface area contributed by atoms with E-state index >= 15 is 0 Å². The van der Waals surface area contributed by atoms with E-state index in [2.05, 4.69) is 5.16 Å². The van der Waals surface area contributed by atoms with Crippen molar-refractivity contribution in [3.8, 4) is 0 Å². The minimum Gasteiger partial charge on any atom is -0.390 e. The molecule has 3 rings (SSSR count). The predicted molar refractivity (Wildman–Crippen MR) is 90.6 cm³/mol. The molecule has 1 aliphatic heterocycles. The van der Waals surface area contributed by atoms with Crippen LogP contribution >= 0.6 is 0 Å². The predicted octanol–water partition coefficient (Wildman–Crippen LogP) is 3.40. The van der Waals surface area contributed by atoms with Gasteiger partial charge in [-0.3, -0.25) is 4.79 Å². The largest absolute Gasteiger partial charge is 0.390 e. The van der Waals surface area contributed by atoms with Crippen molar-refractivity contribution >= 4 is 11.6 Å². The first-order valence-electron chi connectivity index (χ1n) is 7.84. The zero-order valence-corrected chi connectivity index (χ0v) is 13.7. The second kappa shape index (κ2) is 6.83. The number of hydrogen-bond acceptors (Lipinski definition) is 3. The number of rotatable bonds is 4. The van der Waals surface area contributed by atoms with E-state index in [1.807, 2.05) is 31.2 Å². The van der Waals surface area contributed by atoms with Gasteiger partial charge in [-0.15, -0.1) is 0 Å². The average molecular weight is 326 g/mol. The summed E-state index contributed by atoms with van der Waals surface area (Å²) in [5.41, 5.74) is 3.14. The first-order chi connectivity index (χ1) is 11.5. The van der Waals surface area contributed by atoms with Crippen LogP contribution in [-0.4, -0.2) is 36.2 Å². The molecule has 0 N–H and O–H groups in total. The fraction of sp³-hybridized carbons (Fsp3) is 0.263. The van der Waals surface area contributed by atoms with Crippen LogP contribution in [0.15, 0.2) is 53.7 Å². The molecule has 0 saturated carbocycles. The number of halogens is 1. The van der Waals surface area contributed by atoms with Crippen LogP contribution in [0.5, 0.6) is 0 Å². The SMILES string of the molecule is Cc1ccc(C2=NOC(CN(C)C(=O)c3ccccc3F)C2)cc1. The third-order valence-corrected chi connectivity index (χ3v) is 4.05. The van der Waals surface area contributed by atoms with E-state index in [1.54, 1.807) is 19.2 Å². The number of oxime groups is 1. The van der Waals surface area contributed by atoms with E-state index in [1.165, 1.54) is 22.6 Å². The third-order valence-electron chi connectivity index (χ3n) is 4.05. The molecule has 0 fully saturated rings. The van der Waals surface area contributed by atoms with Crippen LogP contribution in [0.2, 0.25) is 0 Å². The van der Waals surface area contributed by atoms with Crippen molar-refractivity contribution in [2.75, 3.05) is 13.6 Å². The summed E-state index contributed by atoms with van der Waals surface area (Å²) < 4.78 is 13.7. The van der Waals surface area contributed by atoms with Gasteiger partial charge >= 0.3 is 0 Å². The lowest BCUT2D eigenvalue weighted by Crippen LogP contribution is -2.35. The molecule has 24 heavy (non-hydrogen) atoms. The highest BCUT2D eigenvalue weighted by Gasteiger charge is 2.26. The van der Waals surface area contributed by atoms with Gasteiger partial charge in [-0.2, -0.15) is 0 Å². The van der Waals surface area contributed by atoms with Crippen molar-refractivity contribution in [2.45, 2.75) is 19.4 Å². The van der Waals surface area contributed by atoms with Gasteiger partial charge in [0.1, 0.15) is 5.82 Å². The molecule has 1 unspecified atom stereocenters. The molecule has 0 saturated heterocycles. The molecule has 4 nitrogen and oxygen atoms in total. The fourth-order valence-corrected chi connectivity index (χ4v) is 2.67. The van der Waals surface area contributed by atoms with E-state index in [4.69, 9.17) is 4.84 Å². The number of hydrogen-bond donors (Lipinski definition) is 0. The molecule has 124 valence electrons. The summed E-state index contributed by atoms with van der Waals surface area (Å²) in [6.45, 7) is 2.38. The second-order valence-electron chi connectivity index (χ2n) is 6.00. The Kier molecular flexibility index (Phi) is 4.60. The van der Waals surface area contributed by atoms with E-state index in [-0.39, 0.29) is 17.6 Å². The smallest absolute Gasteiger partial charge is 0.256 e. The molecule has 0 bridgehead atoms. The monoisotopic (exact) mass is 326 g/mol. The number of benzene rings is 2. The van der Waals surface area contributed by atoms with Crippen molar-refractivity contribution in [2.24, 2.45) is 5.16 Å². The number of likely N-dealkylation sites (N-methyl/N-ethyl adjacent to an activating group) is 1. The van der Waals surface area contributed by atoms with Crippen LogP contribution in [0.4, 0.5) is 4.39 Å². The number of amides is 1. The molecule has 0 spiro atoms. The quantitative estimate of drug-likeness (QED) is 0.864. The molecule has 0 aliphatic carbocycles. The molecule has 0 radical (unpaired) electrons. The van der Waals surface area contributed by atoms with E-state index in [0.717, 1.165) is 11.3 Å². The van der Waals surface area contributed by atoms with Crippen LogP contribution in [0.25, 0.3) is 0 Å². The van der Waals surface area contributed by atoms with E-state index < -0.39 is 5.82 Å². The third kappa shape index (κ3) is 3.45. The van der Waals surface area contributed by atoms with Crippen LogP contribution in [0.1, 0.15) is 27.9 Å². The van der Waals surface area contributed by atoms with Crippen LogP contribution in [0, 0.1) is 12.7 Å². The summed E-state index contributed by atoms with van der Waals surface area (Å²) in [6.07, 6.45) is 0.403. The lowest BCUT2D eigenvalue weighted by molar-refractivity contribution is 0.0479. The topological polar surface area (TPSA) is 41.9 Å². The minimum absolute atomic E-state index is 0.0673. The summed E-state index contributed by atoms with van der Waals surface area (Å²) in [7, 11) is 1.64. The van der Waals surface area contributed by atoms with Crippen molar-refractivity contribution in [1.29, 1.82) is 0 Å². The van der Waals surface area contributed by atoms with E-state index in [0.29, 0.717) is 13.0 Å². The zero-order chi connectivity index (χ0) is 17.1. The highest BCUT2D eigenvalue weighted by molar-refractivity contribution is 6.01. The van der Waals surface area contributed by atoms with Crippen LogP contribution < -0.4 is 0 Å². The Hall–Kier alpha value is -2.69. The minimum atomic E-state index is -0.515. The van der Waals surface area contributed by atoms with Crippen LogP contribution in [-0.2, 0) is 4.84 Å². The van der Waals surface area contributed by atoms with Gasteiger partial charge in [0.15, 0.2) is 6.10 Å². The normalized spacial score (nSPS) is 16.5. The zero-order valence-electron chi connectivity index (χ0n) is 13.7. The van der Waals surface area contributed by atoms with Crippen molar-refractivity contribution < 1.29 is 14.0 Å². The molecular formula is C19H19FN2O2. The highest BCUT2D eigenvalue weighted by Crippen LogP contribution is 2.19. The maximum Gasteiger partial charge on any atom is 0.256 e. The molecular weight excluding hydrogens is 307 g/mol. The van der Waals surface area contributed by atoms with Gasteiger partial charge in [0.25, 0.3) is 5.91 Å². The Labute approximate surface area is 140 Å². The average Bonchev–Trinajstić information content (AvgIpc) is 3.04. The maximum absolute atomic E-state index is 13.7. The molecule has 0 aromatic heterocycles. The molecule has 1 aliphatic rings. The summed E-state index contributed by atoms with van der Waals surface area (Å²) >= 11 is 0. The van der Waals surface area contributed by atoms with Gasteiger partial charge in [0.05, 0.1) is 17.8 Å². The Morgan fingerprint density at radius 1 is 1.25 bits per heavy atom. The molecule has 1 heterocycles. The fourth-order valence-electron chi connectivity index (χ4n) is 2.67. The first-order valence-corrected chi connectivity index (χ1v) is 7.84. The molecule has 5 heteroatoms. The van der Waals surface area contributed by atoms with Crippen LogP contribution in [0.3, 0.4) is 0 Å². The van der Waals surface area contributed by atoms with Gasteiger partial charge in [0, 0.05) is 13.5 Å². The summed E-state index contributed by atoms with van der Waals surface area (Å²) in [5.74, 6) is -0.876. The van der Waals surface area contributed by atoms with Crippen molar-refractivity contribution in [3.63, 3.8) is 0 Å². The number of carbonyl (C=O) groups is 1. The van der Waals surface area contributed by atoms with Gasteiger partial charge in [-0.05, 0) is 24.6 Å². The lowest BCUT2D eigenvalue weighted by atomic mass is 10.0. The molecule has 2 aromatic rings. The molecule has 2 aromatic carbocycles. The Balaban J connectivity index is 1.61. The standard InChI is InChI=1S/C19H19FN2O2/c1-13-7-9-14(10-8-13)18-11-15(24-21-18)12-22(2)19(23)16-5-3-4-6-17(16)20/h3-10,15H,11-12H2,1-2H3. The van der Waals surface area contributed by atoms with Gasteiger partial charge in [-0.1, -0.05) is 47.1 Å². The number of nitrogens with zero attached hydrogens (tertiary/aromatic N) is 2. The summed E-state index contributed by atoms with van der Waals surface area (Å²) in [5, 5.41) is 4.12. The highest BCUT2D eigenvalue weighted by atomic mass is 19.1. The first kappa shape index (κ1) is 16.2. The number of aryl methyl sites for hydroxylation is 1.